The molecule has 10 heteroatoms. The molecule has 0 bridgehead atoms. The van der Waals surface area contributed by atoms with E-state index in [1.54, 1.807) is 0 Å². The first-order valence-corrected chi connectivity index (χ1v) is 15.0. The van der Waals surface area contributed by atoms with Crippen molar-refractivity contribution in [2.24, 2.45) is 0 Å². The fourth-order valence-electron chi connectivity index (χ4n) is 5.10. The molecule has 2 aliphatic rings. The average molecular weight is 597 g/mol. The molecule has 2 aromatic carbocycles. The number of nitrogens with zero attached hydrogens (tertiary/aromatic N) is 3. The molecular formula is C33H48N4O6. The van der Waals surface area contributed by atoms with Gasteiger partial charge >= 0.3 is 18.0 Å². The van der Waals surface area contributed by atoms with Gasteiger partial charge < -0.3 is 19.5 Å². The van der Waals surface area contributed by atoms with E-state index in [1.165, 1.54) is 30.2 Å². The van der Waals surface area contributed by atoms with Crippen molar-refractivity contribution in [3.8, 4) is 0 Å². The minimum absolute atomic E-state index is 0.167. The molecule has 2 heterocycles. The number of piperazine rings is 2. The Hall–Kier alpha value is -3.47. The third-order valence-corrected chi connectivity index (χ3v) is 7.43. The lowest BCUT2D eigenvalue weighted by atomic mass is 10.1. The molecule has 2 atom stereocenters. The third kappa shape index (κ3) is 11.6. The van der Waals surface area contributed by atoms with Crippen molar-refractivity contribution in [3.05, 3.63) is 71.8 Å². The second-order valence-electron chi connectivity index (χ2n) is 11.8. The number of methoxy groups -OCH3 is 2. The van der Waals surface area contributed by atoms with E-state index >= 15 is 0 Å². The fourth-order valence-corrected chi connectivity index (χ4v) is 5.10. The van der Waals surface area contributed by atoms with Crippen LogP contribution in [-0.4, -0.2) is 117 Å². The molecule has 1 amide bonds. The van der Waals surface area contributed by atoms with Crippen LogP contribution in [0.1, 0.15) is 31.9 Å². The molecule has 0 spiro atoms. The van der Waals surface area contributed by atoms with Gasteiger partial charge in [-0.25, -0.2) is 9.59 Å². The number of esters is 2. The van der Waals surface area contributed by atoms with Crippen LogP contribution in [0.25, 0.3) is 0 Å². The smallest absolute Gasteiger partial charge is 0.411 e. The number of carbonyl (C=O) groups is 3. The van der Waals surface area contributed by atoms with Crippen LogP contribution in [0.5, 0.6) is 0 Å². The summed E-state index contributed by atoms with van der Waals surface area (Å²) in [5.41, 5.74) is 2.00. The Morgan fingerprint density at radius 1 is 0.767 bits per heavy atom. The number of benzene rings is 2. The highest BCUT2D eigenvalue weighted by Gasteiger charge is 2.38. The second kappa shape index (κ2) is 17.0. The van der Waals surface area contributed by atoms with Gasteiger partial charge in [-0.1, -0.05) is 60.7 Å². The van der Waals surface area contributed by atoms with E-state index in [-0.39, 0.29) is 12.0 Å². The van der Waals surface area contributed by atoms with E-state index in [1.807, 2.05) is 45.0 Å². The number of ether oxygens (including phenoxy) is 3. The predicted molar refractivity (Wildman–Crippen MR) is 166 cm³/mol. The van der Waals surface area contributed by atoms with Crippen LogP contribution in [0.2, 0.25) is 0 Å². The van der Waals surface area contributed by atoms with Gasteiger partial charge in [0, 0.05) is 52.4 Å². The van der Waals surface area contributed by atoms with Crippen molar-refractivity contribution in [1.82, 2.24) is 20.0 Å². The molecule has 0 unspecified atom stereocenters. The first-order chi connectivity index (χ1) is 20.6. The Morgan fingerprint density at radius 2 is 1.30 bits per heavy atom. The summed E-state index contributed by atoms with van der Waals surface area (Å²) in [5, 5.41) is 3.18. The Morgan fingerprint density at radius 3 is 1.81 bits per heavy atom. The van der Waals surface area contributed by atoms with Crippen LogP contribution in [-0.2, 0) is 36.6 Å². The number of carbonyl (C=O) groups excluding carboxylic acids is 3. The van der Waals surface area contributed by atoms with Crippen LogP contribution in [0.3, 0.4) is 0 Å². The molecule has 2 aromatic rings. The first kappa shape index (κ1) is 34.0. The normalized spacial score (nSPS) is 19.5. The van der Waals surface area contributed by atoms with Crippen molar-refractivity contribution in [3.63, 3.8) is 0 Å². The van der Waals surface area contributed by atoms with Gasteiger partial charge in [-0.2, -0.15) is 0 Å². The lowest BCUT2D eigenvalue weighted by Gasteiger charge is -2.40. The van der Waals surface area contributed by atoms with Crippen molar-refractivity contribution in [2.75, 3.05) is 66.6 Å². The van der Waals surface area contributed by atoms with Gasteiger partial charge in [0.05, 0.1) is 14.2 Å². The molecular weight excluding hydrogens is 548 g/mol. The van der Waals surface area contributed by atoms with Gasteiger partial charge in [0.1, 0.15) is 17.7 Å². The van der Waals surface area contributed by atoms with Crippen LogP contribution in [0, 0.1) is 0 Å². The maximum absolute atomic E-state index is 12.4. The van der Waals surface area contributed by atoms with E-state index in [0.29, 0.717) is 19.6 Å². The average Bonchev–Trinajstić information content (AvgIpc) is 3.02. The summed E-state index contributed by atoms with van der Waals surface area (Å²) >= 11 is 0. The maximum Gasteiger partial charge on any atom is 0.411 e. The summed E-state index contributed by atoms with van der Waals surface area (Å²) in [5.74, 6) is -0.574. The van der Waals surface area contributed by atoms with Gasteiger partial charge in [-0.3, -0.25) is 19.5 Å². The lowest BCUT2D eigenvalue weighted by Crippen LogP contribution is -2.59. The van der Waals surface area contributed by atoms with E-state index in [4.69, 9.17) is 14.2 Å². The molecule has 2 aliphatic heterocycles. The SMILES string of the molecule is COC(=O)[C@@H]1CN(CCc2ccccc2)CCN1.COC(=O)[C@@H]1CN(CCc2ccccc2)CCN1C(=O)OC(C)(C)C. The van der Waals surface area contributed by atoms with Gasteiger partial charge in [0.2, 0.25) is 0 Å². The van der Waals surface area contributed by atoms with Gasteiger partial charge in [-0.05, 0) is 44.7 Å². The monoisotopic (exact) mass is 596 g/mol. The Bertz CT molecular complexity index is 1140. The Balaban J connectivity index is 0.000000248. The number of rotatable bonds is 8. The number of amides is 1. The largest absolute Gasteiger partial charge is 0.468 e. The van der Waals surface area contributed by atoms with Gasteiger partial charge in [-0.15, -0.1) is 0 Å². The highest BCUT2D eigenvalue weighted by atomic mass is 16.6. The van der Waals surface area contributed by atoms with E-state index in [2.05, 4.69) is 51.5 Å². The summed E-state index contributed by atoms with van der Waals surface area (Å²) in [6, 6.07) is 19.8. The molecule has 236 valence electrons. The topological polar surface area (TPSA) is 101 Å². The number of hydrogen-bond donors (Lipinski definition) is 1. The molecule has 10 nitrogen and oxygen atoms in total. The van der Waals surface area contributed by atoms with E-state index in [9.17, 15) is 14.4 Å². The zero-order chi connectivity index (χ0) is 31.2. The fraction of sp³-hybridized carbons (Fsp3) is 0.545. The molecule has 43 heavy (non-hydrogen) atoms. The van der Waals surface area contributed by atoms with Crippen molar-refractivity contribution >= 4 is 18.0 Å². The summed E-state index contributed by atoms with van der Waals surface area (Å²) in [6.45, 7) is 11.4. The predicted octanol–water partition coefficient (Wildman–Crippen LogP) is 3.00. The van der Waals surface area contributed by atoms with Crippen molar-refractivity contribution in [1.29, 1.82) is 0 Å². The first-order valence-electron chi connectivity index (χ1n) is 15.0. The highest BCUT2D eigenvalue weighted by Crippen LogP contribution is 2.17. The summed E-state index contributed by atoms with van der Waals surface area (Å²) < 4.78 is 15.1. The molecule has 0 radical (unpaired) electrons. The lowest BCUT2D eigenvalue weighted by molar-refractivity contribution is -0.149. The summed E-state index contributed by atoms with van der Waals surface area (Å²) in [7, 11) is 2.78. The van der Waals surface area contributed by atoms with E-state index in [0.717, 1.165) is 45.6 Å². The van der Waals surface area contributed by atoms with Crippen molar-refractivity contribution in [2.45, 2.75) is 51.3 Å². The van der Waals surface area contributed by atoms with Gasteiger partial charge in [0.15, 0.2) is 0 Å². The molecule has 4 rings (SSSR count). The minimum Gasteiger partial charge on any atom is -0.468 e. The summed E-state index contributed by atoms with van der Waals surface area (Å²) in [6.07, 6.45) is 1.46. The second-order valence-corrected chi connectivity index (χ2v) is 11.8. The molecule has 2 saturated heterocycles. The minimum atomic E-state index is -0.635. The Kier molecular flexibility index (Phi) is 13.4. The quantitative estimate of drug-likeness (QED) is 0.364. The van der Waals surface area contributed by atoms with E-state index < -0.39 is 23.7 Å². The van der Waals surface area contributed by atoms with Crippen molar-refractivity contribution < 1.29 is 28.6 Å². The third-order valence-electron chi connectivity index (χ3n) is 7.43. The summed E-state index contributed by atoms with van der Waals surface area (Å²) in [4.78, 5) is 42.0. The van der Waals surface area contributed by atoms with Crippen LogP contribution in [0.15, 0.2) is 60.7 Å². The van der Waals surface area contributed by atoms with Crippen LogP contribution >= 0.6 is 0 Å². The Labute approximate surface area is 256 Å². The zero-order valence-electron chi connectivity index (χ0n) is 26.3. The number of hydrogen-bond acceptors (Lipinski definition) is 9. The zero-order valence-corrected chi connectivity index (χ0v) is 26.3. The molecule has 1 N–H and O–H groups in total. The number of nitrogens with one attached hydrogen (secondary N) is 1. The highest BCUT2D eigenvalue weighted by molar-refractivity contribution is 5.82. The molecule has 0 aliphatic carbocycles. The van der Waals surface area contributed by atoms with Crippen LogP contribution < -0.4 is 5.32 Å². The standard InChI is InChI=1S/C19H28N2O4.C14H20N2O2/c1-19(2,3)25-18(23)21-13-12-20(14-16(21)17(22)24-4)11-10-15-8-6-5-7-9-15;1-18-14(17)13-11-16(10-8-15-13)9-7-12-5-3-2-4-6-12/h5-9,16H,10-14H2,1-4H3;2-6,13,15H,7-11H2,1H3/t16-;13-/m00/s1. The maximum atomic E-state index is 12.4. The van der Waals surface area contributed by atoms with Gasteiger partial charge in [0.25, 0.3) is 0 Å². The molecule has 0 aromatic heterocycles. The van der Waals surface area contributed by atoms with Crippen LogP contribution in [0.4, 0.5) is 4.79 Å². The molecule has 2 fully saturated rings. The molecule has 0 saturated carbocycles.